The highest BCUT2D eigenvalue weighted by atomic mass is 16.5. The van der Waals surface area contributed by atoms with E-state index in [1.54, 1.807) is 4.90 Å². The van der Waals surface area contributed by atoms with Crippen LogP contribution in [0.1, 0.15) is 17.3 Å². The fourth-order valence-electron chi connectivity index (χ4n) is 2.58. The van der Waals surface area contributed by atoms with E-state index in [0.29, 0.717) is 18.0 Å². The van der Waals surface area contributed by atoms with Gasteiger partial charge in [-0.1, -0.05) is 18.2 Å². The van der Waals surface area contributed by atoms with Crippen LogP contribution in [-0.4, -0.2) is 46.4 Å². The average Bonchev–Trinajstić information content (AvgIpc) is 2.72. The Morgan fingerprint density at radius 3 is 2.04 bits per heavy atom. The molecule has 0 N–H and O–H groups in total. The van der Waals surface area contributed by atoms with Crippen LogP contribution in [0, 0.1) is 0 Å². The zero-order valence-corrected chi connectivity index (χ0v) is 15.9. The van der Waals surface area contributed by atoms with Gasteiger partial charge in [-0.2, -0.15) is 0 Å². The molecule has 0 unspecified atom stereocenters. The predicted octanol–water partition coefficient (Wildman–Crippen LogP) is 2.92. The van der Waals surface area contributed by atoms with Crippen molar-refractivity contribution in [3.8, 4) is 17.2 Å². The van der Waals surface area contributed by atoms with Crippen molar-refractivity contribution in [2.45, 2.75) is 6.92 Å². The summed E-state index contributed by atoms with van der Waals surface area (Å²) in [6, 6.07) is 12.2. The van der Waals surface area contributed by atoms with Crippen LogP contribution in [0.3, 0.4) is 0 Å². The van der Waals surface area contributed by atoms with Gasteiger partial charge in [0.1, 0.15) is 11.3 Å². The monoisotopic (exact) mass is 373 g/mol. The number of carbonyl (C=O) groups is 2. The zero-order valence-electron chi connectivity index (χ0n) is 15.9. The standard InChI is InChI=1S/C20H23NO6/c1-5-21(14-9-7-6-8-10-14)19(22)13-27-20(23)15-11-17(25-3)18(26-4)12-16(15)24-2/h6-12H,5,13H2,1-4H3. The predicted molar refractivity (Wildman–Crippen MR) is 101 cm³/mol. The summed E-state index contributed by atoms with van der Waals surface area (Å²) in [5.41, 5.74) is 0.885. The number of rotatable bonds is 8. The summed E-state index contributed by atoms with van der Waals surface area (Å²) in [6.45, 7) is 1.92. The van der Waals surface area contributed by atoms with E-state index in [0.717, 1.165) is 5.69 Å². The van der Waals surface area contributed by atoms with Crippen LogP contribution in [0.5, 0.6) is 17.2 Å². The molecule has 7 heteroatoms. The maximum Gasteiger partial charge on any atom is 0.342 e. The van der Waals surface area contributed by atoms with E-state index in [1.165, 1.54) is 33.5 Å². The number of carbonyl (C=O) groups excluding carboxylic acids is 2. The van der Waals surface area contributed by atoms with Crippen LogP contribution in [-0.2, 0) is 9.53 Å². The van der Waals surface area contributed by atoms with Crippen molar-refractivity contribution < 1.29 is 28.5 Å². The summed E-state index contributed by atoms with van der Waals surface area (Å²) in [5, 5.41) is 0. The average molecular weight is 373 g/mol. The summed E-state index contributed by atoms with van der Waals surface area (Å²) >= 11 is 0. The number of hydrogen-bond donors (Lipinski definition) is 0. The molecule has 0 saturated carbocycles. The lowest BCUT2D eigenvalue weighted by Gasteiger charge is -2.21. The fourth-order valence-corrected chi connectivity index (χ4v) is 2.58. The molecule has 0 fully saturated rings. The number of ether oxygens (including phenoxy) is 4. The smallest absolute Gasteiger partial charge is 0.342 e. The maximum absolute atomic E-state index is 12.5. The van der Waals surface area contributed by atoms with E-state index >= 15 is 0 Å². The first-order valence-corrected chi connectivity index (χ1v) is 8.38. The molecule has 0 bridgehead atoms. The summed E-state index contributed by atoms with van der Waals surface area (Å²) in [5.74, 6) is 0.0292. The minimum atomic E-state index is -0.690. The van der Waals surface area contributed by atoms with Gasteiger partial charge < -0.3 is 23.8 Å². The number of nitrogens with zero attached hydrogens (tertiary/aromatic N) is 1. The molecule has 0 heterocycles. The number of anilines is 1. The molecule has 2 aromatic rings. The number of methoxy groups -OCH3 is 3. The first kappa shape index (κ1) is 20.1. The van der Waals surface area contributed by atoms with Crippen molar-refractivity contribution in [3.05, 3.63) is 48.0 Å². The Hall–Kier alpha value is -3.22. The third kappa shape index (κ3) is 4.69. The Morgan fingerprint density at radius 1 is 0.889 bits per heavy atom. The first-order chi connectivity index (χ1) is 13.0. The van der Waals surface area contributed by atoms with Crippen molar-refractivity contribution in [1.82, 2.24) is 0 Å². The molecule has 0 spiro atoms. The molecule has 0 aromatic heterocycles. The van der Waals surface area contributed by atoms with Crippen LogP contribution in [0.4, 0.5) is 5.69 Å². The lowest BCUT2D eigenvalue weighted by molar-refractivity contribution is -0.121. The summed E-state index contributed by atoms with van der Waals surface area (Å²) in [4.78, 5) is 26.5. The Bertz CT molecular complexity index is 791. The molecule has 2 aromatic carbocycles. The van der Waals surface area contributed by atoms with E-state index in [1.807, 2.05) is 37.3 Å². The van der Waals surface area contributed by atoms with Gasteiger partial charge in [-0.15, -0.1) is 0 Å². The van der Waals surface area contributed by atoms with Gasteiger partial charge in [0, 0.05) is 24.4 Å². The number of hydrogen-bond acceptors (Lipinski definition) is 6. The Labute approximate surface area is 158 Å². The van der Waals surface area contributed by atoms with Gasteiger partial charge in [0.05, 0.1) is 21.3 Å². The first-order valence-electron chi connectivity index (χ1n) is 8.38. The number of amides is 1. The molecule has 27 heavy (non-hydrogen) atoms. The Balaban J connectivity index is 2.14. The second-order valence-corrected chi connectivity index (χ2v) is 5.46. The molecule has 144 valence electrons. The Kier molecular flexibility index (Phi) is 7.05. The molecule has 0 aliphatic heterocycles. The SMILES string of the molecule is CCN(C(=O)COC(=O)c1cc(OC)c(OC)cc1OC)c1ccccc1. The van der Waals surface area contributed by atoms with Crippen LogP contribution >= 0.6 is 0 Å². The van der Waals surface area contributed by atoms with Gasteiger partial charge in [0.15, 0.2) is 18.1 Å². The van der Waals surface area contributed by atoms with Gasteiger partial charge in [-0.25, -0.2) is 4.79 Å². The van der Waals surface area contributed by atoms with E-state index in [9.17, 15) is 9.59 Å². The van der Waals surface area contributed by atoms with E-state index < -0.39 is 5.97 Å². The van der Waals surface area contributed by atoms with Gasteiger partial charge >= 0.3 is 5.97 Å². The number of para-hydroxylation sites is 1. The quantitative estimate of drug-likeness (QED) is 0.663. The van der Waals surface area contributed by atoms with Crippen LogP contribution in [0.2, 0.25) is 0 Å². The highest BCUT2D eigenvalue weighted by Crippen LogP contribution is 2.34. The minimum absolute atomic E-state index is 0.144. The van der Waals surface area contributed by atoms with Gasteiger partial charge in [-0.05, 0) is 19.1 Å². The van der Waals surface area contributed by atoms with Crippen LogP contribution < -0.4 is 19.1 Å². The van der Waals surface area contributed by atoms with Gasteiger partial charge in [0.2, 0.25) is 0 Å². The molecule has 0 aliphatic carbocycles. The van der Waals surface area contributed by atoms with E-state index in [-0.39, 0.29) is 23.8 Å². The molecule has 0 saturated heterocycles. The second kappa shape index (κ2) is 9.47. The van der Waals surface area contributed by atoms with Gasteiger partial charge in [-0.3, -0.25) is 4.79 Å². The van der Waals surface area contributed by atoms with Crippen molar-refractivity contribution >= 4 is 17.6 Å². The van der Waals surface area contributed by atoms with Gasteiger partial charge in [0.25, 0.3) is 5.91 Å². The fraction of sp³-hybridized carbons (Fsp3) is 0.300. The van der Waals surface area contributed by atoms with Crippen molar-refractivity contribution in [1.29, 1.82) is 0 Å². The second-order valence-electron chi connectivity index (χ2n) is 5.46. The molecule has 7 nitrogen and oxygen atoms in total. The number of likely N-dealkylation sites (N-methyl/N-ethyl adjacent to an activating group) is 1. The minimum Gasteiger partial charge on any atom is -0.496 e. The summed E-state index contributed by atoms with van der Waals surface area (Å²) < 4.78 is 20.8. The molecule has 0 radical (unpaired) electrons. The maximum atomic E-state index is 12.5. The van der Waals surface area contributed by atoms with Crippen molar-refractivity contribution in [2.75, 3.05) is 39.4 Å². The van der Waals surface area contributed by atoms with E-state index in [2.05, 4.69) is 0 Å². The zero-order chi connectivity index (χ0) is 19.8. The van der Waals surface area contributed by atoms with Crippen LogP contribution in [0.25, 0.3) is 0 Å². The number of esters is 1. The third-order valence-electron chi connectivity index (χ3n) is 3.94. The highest BCUT2D eigenvalue weighted by Gasteiger charge is 2.21. The topological polar surface area (TPSA) is 74.3 Å². The lowest BCUT2D eigenvalue weighted by Crippen LogP contribution is -2.34. The largest absolute Gasteiger partial charge is 0.496 e. The Morgan fingerprint density at radius 2 is 1.48 bits per heavy atom. The molecular formula is C20H23NO6. The molecule has 2 rings (SSSR count). The lowest BCUT2D eigenvalue weighted by atomic mass is 10.1. The van der Waals surface area contributed by atoms with E-state index in [4.69, 9.17) is 18.9 Å². The molecule has 0 atom stereocenters. The highest BCUT2D eigenvalue weighted by molar-refractivity contribution is 5.98. The molecule has 0 aliphatic rings. The summed E-state index contributed by atoms with van der Waals surface area (Å²) in [7, 11) is 4.37. The van der Waals surface area contributed by atoms with Crippen LogP contribution in [0.15, 0.2) is 42.5 Å². The van der Waals surface area contributed by atoms with Crippen molar-refractivity contribution in [2.24, 2.45) is 0 Å². The molecular weight excluding hydrogens is 350 g/mol. The molecule has 1 amide bonds. The normalized spacial score (nSPS) is 10.1. The number of benzene rings is 2. The van der Waals surface area contributed by atoms with Crippen molar-refractivity contribution in [3.63, 3.8) is 0 Å². The summed E-state index contributed by atoms with van der Waals surface area (Å²) in [6.07, 6.45) is 0. The third-order valence-corrected chi connectivity index (χ3v) is 3.94.